The van der Waals surface area contributed by atoms with Gasteiger partial charge in [-0.2, -0.15) is 9.97 Å². The average molecular weight is 645 g/mol. The highest BCUT2D eigenvalue weighted by molar-refractivity contribution is 6.01. The summed E-state index contributed by atoms with van der Waals surface area (Å²) in [6.45, 7) is 5.54. The number of piperidine rings is 1. The largest absolute Gasteiger partial charge is 0.508 e. The molecular weight excluding hydrogens is 606 g/mol. The molecule has 1 atom stereocenters. The van der Waals surface area contributed by atoms with Gasteiger partial charge in [0.2, 0.25) is 0 Å². The number of ether oxygens (including phenoxy) is 2. The number of nitrogens with zero attached hydrogens (tertiary/aromatic N) is 5. The molecule has 0 aliphatic carbocycles. The summed E-state index contributed by atoms with van der Waals surface area (Å²) in [4.78, 5) is 31.5. The number of hydrogen-bond donors (Lipinski definition) is 2. The molecule has 6 bridgehead atoms. The minimum absolute atomic E-state index is 0.0283. The molecule has 1 unspecified atom stereocenters. The van der Waals surface area contributed by atoms with Gasteiger partial charge in [0.1, 0.15) is 35.2 Å². The summed E-state index contributed by atoms with van der Waals surface area (Å²) in [5, 5.41) is 15.1. The Morgan fingerprint density at radius 2 is 1.87 bits per heavy atom. The second-order valence-corrected chi connectivity index (χ2v) is 13.8. The maximum atomic E-state index is 17.0. The molecule has 1 amide bonds. The van der Waals surface area contributed by atoms with Crippen molar-refractivity contribution < 1.29 is 28.2 Å². The monoisotopic (exact) mass is 644 g/mol. The first kappa shape index (κ1) is 30.0. The summed E-state index contributed by atoms with van der Waals surface area (Å²) in [5.74, 6) is -0.822. The molecule has 9 rings (SSSR count). The Hall–Kier alpha value is -4.32. The molecule has 4 aromatic rings. The van der Waals surface area contributed by atoms with E-state index < -0.39 is 23.3 Å². The first-order chi connectivity index (χ1) is 22.7. The third kappa shape index (κ3) is 5.26. The molecular formula is C35H38F2N6O4. The first-order valence-corrected chi connectivity index (χ1v) is 16.6. The zero-order valence-electron chi connectivity index (χ0n) is 26.5. The van der Waals surface area contributed by atoms with Crippen LogP contribution in [0.25, 0.3) is 32.9 Å². The van der Waals surface area contributed by atoms with Crippen LogP contribution < -0.4 is 15.0 Å². The molecule has 2 aromatic heterocycles. The van der Waals surface area contributed by atoms with Gasteiger partial charge in [-0.05, 0) is 106 Å². The Bertz CT molecular complexity index is 1900. The number of alkyl carbamates (subject to hydrolysis) is 1. The first-order valence-electron chi connectivity index (χ1n) is 16.6. The highest BCUT2D eigenvalue weighted by Crippen LogP contribution is 2.41. The maximum absolute atomic E-state index is 17.0. The number of aryl methyl sites for hydroxylation is 1. The maximum Gasteiger partial charge on any atom is 0.407 e. The number of carbonyl (C=O) groups is 1. The van der Waals surface area contributed by atoms with Gasteiger partial charge in [-0.15, -0.1) is 0 Å². The zero-order chi connectivity index (χ0) is 32.3. The summed E-state index contributed by atoms with van der Waals surface area (Å²) in [5.41, 5.74) is -0.172. The predicted octanol–water partition coefficient (Wildman–Crippen LogP) is 5.87. The number of phenols is 1. The van der Waals surface area contributed by atoms with Gasteiger partial charge in [-0.25, -0.2) is 13.6 Å². The van der Waals surface area contributed by atoms with Crippen LogP contribution in [0.5, 0.6) is 11.8 Å². The van der Waals surface area contributed by atoms with Crippen LogP contribution in [0.3, 0.4) is 0 Å². The number of fused-ring (bicyclic) bond motifs is 7. The quantitative estimate of drug-likeness (QED) is 0.283. The van der Waals surface area contributed by atoms with E-state index in [2.05, 4.69) is 20.2 Å². The lowest BCUT2D eigenvalue weighted by Crippen LogP contribution is -2.57. The number of rotatable bonds is 3. The van der Waals surface area contributed by atoms with Crippen molar-refractivity contribution >= 4 is 33.6 Å². The standard InChI is InChI=1S/C35H38F2N6O4/c1-34-9-3-12-42(19-34)31-25-18-38-29(28(37)30(25)39-32(40-31)47-20-35-10-4-13-43(35)14-5-11-35)24-17-22(44)16-21-7-8-26(36)23(27(21)24)6-2-15-46-33(45)41-34/h7-8,16-18,44H,2-6,9-15,19-20H2,1H3,(H,41,45). The van der Waals surface area contributed by atoms with E-state index in [1.165, 1.54) is 18.2 Å². The molecule has 47 heavy (non-hydrogen) atoms. The van der Waals surface area contributed by atoms with Crippen molar-refractivity contribution in [3.63, 3.8) is 0 Å². The van der Waals surface area contributed by atoms with Gasteiger partial charge in [0.25, 0.3) is 0 Å². The van der Waals surface area contributed by atoms with Gasteiger partial charge in [0.15, 0.2) is 5.82 Å². The molecule has 0 spiro atoms. The van der Waals surface area contributed by atoms with Crippen LogP contribution >= 0.6 is 0 Å². The van der Waals surface area contributed by atoms with Crippen molar-refractivity contribution in [3.05, 3.63) is 47.7 Å². The molecule has 10 nitrogen and oxygen atoms in total. The SMILES string of the molecule is CC12CCCN(C1)c1nc(OCC34CCCN3CCC4)nc3c(F)c(ncc13)-c1cc(O)cc3ccc(F)c(c13)CCCOC(=O)N2. The fourth-order valence-corrected chi connectivity index (χ4v) is 8.32. The van der Waals surface area contributed by atoms with Crippen LogP contribution in [-0.4, -0.2) is 81.5 Å². The summed E-state index contributed by atoms with van der Waals surface area (Å²) >= 11 is 0. The fourth-order valence-electron chi connectivity index (χ4n) is 8.32. The Kier molecular flexibility index (Phi) is 7.31. The number of anilines is 1. The van der Waals surface area contributed by atoms with E-state index in [4.69, 9.17) is 14.5 Å². The molecule has 7 heterocycles. The average Bonchev–Trinajstić information content (AvgIpc) is 3.63. The van der Waals surface area contributed by atoms with Gasteiger partial charge in [0.05, 0.1) is 23.1 Å². The Morgan fingerprint density at radius 1 is 1.06 bits per heavy atom. The third-order valence-electron chi connectivity index (χ3n) is 10.5. The molecule has 2 aromatic carbocycles. The summed E-state index contributed by atoms with van der Waals surface area (Å²) < 4.78 is 44.3. The van der Waals surface area contributed by atoms with E-state index in [1.54, 1.807) is 12.3 Å². The Balaban J connectivity index is 1.32. The molecule has 5 aliphatic heterocycles. The number of nitrogens with one attached hydrogen (secondary N) is 1. The normalized spacial score (nSPS) is 22.8. The number of aromatic hydroxyl groups is 1. The zero-order valence-corrected chi connectivity index (χ0v) is 26.5. The molecule has 2 N–H and O–H groups in total. The summed E-state index contributed by atoms with van der Waals surface area (Å²) in [6.07, 6.45) is 7.31. The summed E-state index contributed by atoms with van der Waals surface area (Å²) in [7, 11) is 0. The van der Waals surface area contributed by atoms with E-state index in [1.807, 2.05) is 11.8 Å². The number of aromatic nitrogens is 3. The third-order valence-corrected chi connectivity index (χ3v) is 10.5. The van der Waals surface area contributed by atoms with E-state index in [-0.39, 0.29) is 47.1 Å². The van der Waals surface area contributed by atoms with Crippen LogP contribution in [0, 0.1) is 11.6 Å². The lowest BCUT2D eigenvalue weighted by Gasteiger charge is -2.41. The lowest BCUT2D eigenvalue weighted by molar-refractivity contribution is 0.107. The van der Waals surface area contributed by atoms with E-state index >= 15 is 8.78 Å². The molecule has 246 valence electrons. The van der Waals surface area contributed by atoms with Crippen LogP contribution in [0.15, 0.2) is 30.5 Å². The number of amides is 1. The van der Waals surface area contributed by atoms with Crippen LogP contribution in [0.4, 0.5) is 19.4 Å². The fraction of sp³-hybridized carbons (Fsp3) is 0.486. The van der Waals surface area contributed by atoms with E-state index in [9.17, 15) is 9.90 Å². The molecule has 12 heteroatoms. The van der Waals surface area contributed by atoms with Crippen molar-refractivity contribution in [2.75, 3.05) is 44.3 Å². The van der Waals surface area contributed by atoms with Gasteiger partial charge >= 0.3 is 12.1 Å². The second-order valence-electron chi connectivity index (χ2n) is 13.8. The number of carbonyl (C=O) groups excluding carboxylic acids is 1. The molecule has 3 saturated heterocycles. The van der Waals surface area contributed by atoms with Crippen molar-refractivity contribution in [3.8, 4) is 23.0 Å². The van der Waals surface area contributed by atoms with Crippen LogP contribution in [0.1, 0.15) is 57.4 Å². The van der Waals surface area contributed by atoms with Crippen molar-refractivity contribution in [2.24, 2.45) is 0 Å². The highest BCUT2D eigenvalue weighted by Gasteiger charge is 2.45. The number of pyridine rings is 1. The topological polar surface area (TPSA) is 113 Å². The van der Waals surface area contributed by atoms with E-state index in [0.717, 1.165) is 45.2 Å². The van der Waals surface area contributed by atoms with Crippen molar-refractivity contribution in [1.82, 2.24) is 25.2 Å². The number of benzene rings is 2. The highest BCUT2D eigenvalue weighted by atomic mass is 19.1. The van der Waals surface area contributed by atoms with E-state index in [0.29, 0.717) is 60.1 Å². The lowest BCUT2D eigenvalue weighted by atomic mass is 9.91. The minimum Gasteiger partial charge on any atom is -0.508 e. The minimum atomic E-state index is -0.708. The molecule has 5 aliphatic rings. The van der Waals surface area contributed by atoms with Gasteiger partial charge < -0.3 is 24.8 Å². The molecule has 0 saturated carbocycles. The number of phenolic OH excluding ortho intramolecular Hbond substituents is 1. The van der Waals surface area contributed by atoms with Gasteiger partial charge in [-0.3, -0.25) is 9.88 Å². The van der Waals surface area contributed by atoms with Gasteiger partial charge in [-0.1, -0.05) is 6.07 Å². The Morgan fingerprint density at radius 3 is 2.70 bits per heavy atom. The van der Waals surface area contributed by atoms with Crippen LogP contribution in [0.2, 0.25) is 0 Å². The van der Waals surface area contributed by atoms with Crippen molar-refractivity contribution in [1.29, 1.82) is 0 Å². The molecule has 3 fully saturated rings. The smallest absolute Gasteiger partial charge is 0.407 e. The second kappa shape index (κ2) is 11.4. The van der Waals surface area contributed by atoms with Crippen molar-refractivity contribution in [2.45, 2.75) is 69.4 Å². The molecule has 0 radical (unpaired) electrons. The number of halogens is 2. The number of hydrogen-bond acceptors (Lipinski definition) is 9. The van der Waals surface area contributed by atoms with Gasteiger partial charge in [0, 0.05) is 24.8 Å². The Labute approximate surface area is 271 Å². The summed E-state index contributed by atoms with van der Waals surface area (Å²) in [6, 6.07) is 5.88. The predicted molar refractivity (Wildman–Crippen MR) is 173 cm³/mol. The van der Waals surface area contributed by atoms with Crippen LogP contribution in [-0.2, 0) is 11.2 Å².